The summed E-state index contributed by atoms with van der Waals surface area (Å²) in [4.78, 5) is 11.5. The van der Waals surface area contributed by atoms with Gasteiger partial charge in [0.15, 0.2) is 0 Å². The van der Waals surface area contributed by atoms with Crippen molar-refractivity contribution in [1.82, 2.24) is 4.72 Å². The molecule has 0 spiro atoms. The second-order valence-electron chi connectivity index (χ2n) is 4.30. The summed E-state index contributed by atoms with van der Waals surface area (Å²) in [6.45, 7) is 2.84. The number of rotatable bonds is 4. The maximum Gasteiger partial charge on any atom is 0.326 e. The number of nitrogens with one attached hydrogen (secondary N) is 1. The van der Waals surface area contributed by atoms with Gasteiger partial charge in [0, 0.05) is 4.47 Å². The highest BCUT2D eigenvalue weighted by atomic mass is 79.9. The Balaban J connectivity index is 3.11. The van der Waals surface area contributed by atoms with Crippen LogP contribution in [0.3, 0.4) is 0 Å². The maximum absolute atomic E-state index is 12.1. The predicted octanol–water partition coefficient (Wildman–Crippen LogP) is 2.33. The molecule has 0 fully saturated rings. The van der Waals surface area contributed by atoms with E-state index in [1.165, 1.54) is 39.2 Å². The molecule has 0 aromatic heterocycles. The van der Waals surface area contributed by atoms with Crippen LogP contribution in [0, 0.1) is 0 Å². The van der Waals surface area contributed by atoms with Crippen LogP contribution in [0.15, 0.2) is 27.6 Å². The predicted molar refractivity (Wildman–Crippen MR) is 75.6 cm³/mol. The van der Waals surface area contributed by atoms with Crippen LogP contribution < -0.4 is 4.72 Å². The third kappa shape index (κ3) is 3.92. The number of ether oxygens (including phenoxy) is 1. The fourth-order valence-electron chi connectivity index (χ4n) is 1.34. The van der Waals surface area contributed by atoms with Crippen LogP contribution >= 0.6 is 27.5 Å². The second kappa shape index (κ2) is 5.78. The summed E-state index contributed by atoms with van der Waals surface area (Å²) >= 11 is 8.95. The van der Waals surface area contributed by atoms with Crippen molar-refractivity contribution < 1.29 is 17.9 Å². The number of benzene rings is 1. The lowest BCUT2D eigenvalue weighted by molar-refractivity contribution is -0.146. The van der Waals surface area contributed by atoms with Crippen LogP contribution in [-0.2, 0) is 19.6 Å². The number of carbonyl (C=O) groups is 1. The molecule has 19 heavy (non-hydrogen) atoms. The van der Waals surface area contributed by atoms with E-state index in [1.54, 1.807) is 0 Å². The van der Waals surface area contributed by atoms with E-state index in [1.807, 2.05) is 0 Å². The molecule has 1 rings (SSSR count). The van der Waals surface area contributed by atoms with Crippen LogP contribution in [0.1, 0.15) is 13.8 Å². The zero-order valence-corrected chi connectivity index (χ0v) is 13.7. The van der Waals surface area contributed by atoms with Crippen LogP contribution in [0.25, 0.3) is 0 Å². The molecule has 106 valence electrons. The molecule has 0 radical (unpaired) electrons. The van der Waals surface area contributed by atoms with Gasteiger partial charge in [0.05, 0.1) is 17.0 Å². The van der Waals surface area contributed by atoms with E-state index in [0.717, 1.165) is 0 Å². The van der Waals surface area contributed by atoms with Gasteiger partial charge < -0.3 is 4.74 Å². The molecule has 0 amide bonds. The summed E-state index contributed by atoms with van der Waals surface area (Å²) in [5, 5.41) is 0.395. The van der Waals surface area contributed by atoms with Crippen LogP contribution in [0.2, 0.25) is 5.02 Å². The maximum atomic E-state index is 12.1. The highest BCUT2D eigenvalue weighted by Crippen LogP contribution is 2.25. The first-order valence-electron chi connectivity index (χ1n) is 5.17. The van der Waals surface area contributed by atoms with Crippen molar-refractivity contribution in [2.75, 3.05) is 7.11 Å². The molecule has 5 nitrogen and oxygen atoms in total. The Morgan fingerprint density at radius 2 is 2.00 bits per heavy atom. The zero-order valence-electron chi connectivity index (χ0n) is 10.5. The molecule has 0 bridgehead atoms. The lowest BCUT2D eigenvalue weighted by atomic mass is 10.1. The van der Waals surface area contributed by atoms with E-state index >= 15 is 0 Å². The van der Waals surface area contributed by atoms with Crippen molar-refractivity contribution in [3.05, 3.63) is 27.7 Å². The molecule has 0 aliphatic rings. The Morgan fingerprint density at radius 3 is 2.47 bits per heavy atom. The monoisotopic (exact) mass is 369 g/mol. The number of sulfonamides is 1. The van der Waals surface area contributed by atoms with E-state index in [2.05, 4.69) is 25.4 Å². The summed E-state index contributed by atoms with van der Waals surface area (Å²) in [6, 6.07) is 4.16. The van der Waals surface area contributed by atoms with E-state index < -0.39 is 21.5 Å². The quantitative estimate of drug-likeness (QED) is 0.826. The summed E-state index contributed by atoms with van der Waals surface area (Å²) < 4.78 is 31.6. The third-order valence-electron chi connectivity index (χ3n) is 2.29. The minimum atomic E-state index is -3.85. The molecule has 0 heterocycles. The summed E-state index contributed by atoms with van der Waals surface area (Å²) in [7, 11) is -2.66. The van der Waals surface area contributed by atoms with E-state index in [4.69, 9.17) is 11.6 Å². The number of methoxy groups -OCH3 is 1. The molecule has 0 saturated carbocycles. The normalized spacial score (nSPS) is 12.3. The highest BCUT2D eigenvalue weighted by Gasteiger charge is 2.34. The van der Waals surface area contributed by atoms with Gasteiger partial charge in [-0.25, -0.2) is 8.42 Å². The number of hydrogen-bond donors (Lipinski definition) is 1. The molecule has 1 aromatic rings. The number of carbonyl (C=O) groups excluding carboxylic acids is 1. The molecular formula is C11H13BrClNO4S. The van der Waals surface area contributed by atoms with Gasteiger partial charge in [-0.05, 0) is 48.0 Å². The van der Waals surface area contributed by atoms with E-state index in [0.29, 0.717) is 9.50 Å². The van der Waals surface area contributed by atoms with Crippen molar-refractivity contribution in [1.29, 1.82) is 0 Å². The van der Waals surface area contributed by atoms with Gasteiger partial charge in [0.2, 0.25) is 10.0 Å². The Kier molecular flexibility index (Phi) is 5.00. The first-order valence-corrected chi connectivity index (χ1v) is 7.83. The first-order chi connectivity index (χ1) is 8.60. The topological polar surface area (TPSA) is 72.5 Å². The molecule has 0 saturated heterocycles. The number of halogens is 2. The van der Waals surface area contributed by atoms with Crippen LogP contribution in [0.4, 0.5) is 0 Å². The average Bonchev–Trinajstić information content (AvgIpc) is 2.30. The zero-order chi connectivity index (χ0) is 14.8. The van der Waals surface area contributed by atoms with Gasteiger partial charge in [0.25, 0.3) is 0 Å². The molecule has 1 N–H and O–H groups in total. The fourth-order valence-corrected chi connectivity index (χ4v) is 3.38. The van der Waals surface area contributed by atoms with E-state index in [-0.39, 0.29) is 4.90 Å². The van der Waals surface area contributed by atoms with Gasteiger partial charge >= 0.3 is 5.97 Å². The van der Waals surface area contributed by atoms with Crippen molar-refractivity contribution in [3.63, 3.8) is 0 Å². The number of esters is 1. The average molecular weight is 371 g/mol. The van der Waals surface area contributed by atoms with Crippen LogP contribution in [-0.4, -0.2) is 27.0 Å². The summed E-state index contributed by atoms with van der Waals surface area (Å²) in [5.74, 6) is -0.677. The van der Waals surface area contributed by atoms with Gasteiger partial charge in [0.1, 0.15) is 5.54 Å². The van der Waals surface area contributed by atoms with E-state index in [9.17, 15) is 13.2 Å². The molecule has 0 aliphatic carbocycles. The van der Waals surface area contributed by atoms with Gasteiger partial charge in [-0.1, -0.05) is 11.6 Å². The van der Waals surface area contributed by atoms with Gasteiger partial charge in [-0.2, -0.15) is 4.72 Å². The standard InChI is InChI=1S/C11H13BrClNO4S/c1-11(2,10(15)18-3)14-19(16,17)7-4-5-9(13)8(12)6-7/h4-6,14H,1-3H3. The first kappa shape index (κ1) is 16.4. The Morgan fingerprint density at radius 1 is 1.42 bits per heavy atom. The van der Waals surface area contributed by atoms with Gasteiger partial charge in [-0.3, -0.25) is 4.79 Å². The molecule has 0 unspecified atom stereocenters. The van der Waals surface area contributed by atoms with Crippen molar-refractivity contribution in [3.8, 4) is 0 Å². The molecule has 8 heteroatoms. The molecule has 1 aromatic carbocycles. The Bertz CT molecular complexity index is 601. The minimum Gasteiger partial charge on any atom is -0.468 e. The lowest BCUT2D eigenvalue weighted by Gasteiger charge is -2.22. The van der Waals surface area contributed by atoms with Crippen LogP contribution in [0.5, 0.6) is 0 Å². The molecular weight excluding hydrogens is 358 g/mol. The number of hydrogen-bond acceptors (Lipinski definition) is 4. The molecule has 0 atom stereocenters. The third-order valence-corrected chi connectivity index (χ3v) is 5.15. The van der Waals surface area contributed by atoms with Crippen molar-refractivity contribution >= 4 is 43.5 Å². The molecule has 0 aliphatic heterocycles. The summed E-state index contributed by atoms with van der Waals surface area (Å²) in [5.41, 5.74) is -1.36. The summed E-state index contributed by atoms with van der Waals surface area (Å²) in [6.07, 6.45) is 0. The van der Waals surface area contributed by atoms with Gasteiger partial charge in [-0.15, -0.1) is 0 Å². The highest BCUT2D eigenvalue weighted by molar-refractivity contribution is 9.10. The Hall–Kier alpha value is -0.630. The second-order valence-corrected chi connectivity index (χ2v) is 7.24. The lowest BCUT2D eigenvalue weighted by Crippen LogP contribution is -2.50. The minimum absolute atomic E-state index is 0.000697. The van der Waals surface area contributed by atoms with Crippen molar-refractivity contribution in [2.45, 2.75) is 24.3 Å². The fraction of sp³-hybridized carbons (Fsp3) is 0.364. The smallest absolute Gasteiger partial charge is 0.326 e. The SMILES string of the molecule is COC(=O)C(C)(C)NS(=O)(=O)c1ccc(Cl)c(Br)c1. The Labute approximate surface area is 125 Å². The largest absolute Gasteiger partial charge is 0.468 e. The van der Waals surface area contributed by atoms with Crippen molar-refractivity contribution in [2.24, 2.45) is 0 Å².